The number of benzene rings is 1. The highest BCUT2D eigenvalue weighted by Gasteiger charge is 2.49. The van der Waals surface area contributed by atoms with Gasteiger partial charge in [-0.1, -0.05) is 30.4 Å². The molecule has 0 saturated heterocycles. The van der Waals surface area contributed by atoms with Gasteiger partial charge in [0, 0.05) is 11.4 Å². The van der Waals surface area contributed by atoms with Gasteiger partial charge in [-0.3, -0.25) is 0 Å². The van der Waals surface area contributed by atoms with Gasteiger partial charge in [-0.05, 0) is 86.1 Å². The molecular weight excluding hydrogens is 280 g/mol. The van der Waals surface area contributed by atoms with Gasteiger partial charge in [0.25, 0.3) is 0 Å². The SMILES string of the molecule is C=C/C(N)=C\C=C(/C)C12CCC(c3ccc(N)cc3)(CC1)CC2. The van der Waals surface area contributed by atoms with E-state index in [2.05, 4.69) is 43.8 Å². The zero-order valence-corrected chi connectivity index (χ0v) is 14.1. The molecule has 0 amide bonds. The van der Waals surface area contributed by atoms with Gasteiger partial charge in [0.05, 0.1) is 0 Å². The maximum absolute atomic E-state index is 5.85. The van der Waals surface area contributed by atoms with Crippen molar-refractivity contribution in [2.24, 2.45) is 11.1 Å². The van der Waals surface area contributed by atoms with Crippen molar-refractivity contribution in [1.29, 1.82) is 0 Å². The third kappa shape index (κ3) is 2.83. The highest BCUT2D eigenvalue weighted by molar-refractivity contribution is 5.42. The van der Waals surface area contributed by atoms with E-state index in [9.17, 15) is 0 Å². The van der Waals surface area contributed by atoms with Crippen LogP contribution in [0.15, 0.2) is 60.3 Å². The molecule has 3 aliphatic carbocycles. The summed E-state index contributed by atoms with van der Waals surface area (Å²) in [5.74, 6) is 0. The molecule has 0 unspecified atom stereocenters. The number of fused-ring (bicyclic) bond motifs is 3. The Hall–Kier alpha value is -1.96. The van der Waals surface area contributed by atoms with Crippen LogP contribution in [-0.2, 0) is 5.41 Å². The minimum Gasteiger partial charge on any atom is -0.399 e. The molecule has 0 spiro atoms. The van der Waals surface area contributed by atoms with Gasteiger partial charge in [-0.25, -0.2) is 0 Å². The number of rotatable bonds is 4. The third-order valence-corrected chi connectivity index (χ3v) is 6.37. The van der Waals surface area contributed by atoms with Crippen molar-refractivity contribution < 1.29 is 0 Å². The number of anilines is 1. The summed E-state index contributed by atoms with van der Waals surface area (Å²) < 4.78 is 0. The van der Waals surface area contributed by atoms with Crippen molar-refractivity contribution in [3.05, 3.63) is 65.9 Å². The molecule has 0 radical (unpaired) electrons. The van der Waals surface area contributed by atoms with Crippen molar-refractivity contribution in [3.63, 3.8) is 0 Å². The van der Waals surface area contributed by atoms with E-state index in [1.165, 1.54) is 49.7 Å². The lowest BCUT2D eigenvalue weighted by Gasteiger charge is -2.54. The van der Waals surface area contributed by atoms with Crippen LogP contribution >= 0.6 is 0 Å². The smallest absolute Gasteiger partial charge is 0.0314 e. The second kappa shape index (κ2) is 5.92. The van der Waals surface area contributed by atoms with Crippen molar-refractivity contribution in [2.75, 3.05) is 5.73 Å². The van der Waals surface area contributed by atoms with Crippen LogP contribution in [0.2, 0.25) is 0 Å². The maximum atomic E-state index is 5.85. The topological polar surface area (TPSA) is 52.0 Å². The molecule has 3 saturated carbocycles. The Morgan fingerprint density at radius 3 is 2.09 bits per heavy atom. The van der Waals surface area contributed by atoms with Gasteiger partial charge < -0.3 is 11.5 Å². The van der Waals surface area contributed by atoms with Crippen molar-refractivity contribution in [2.45, 2.75) is 50.9 Å². The molecule has 1 aromatic rings. The molecule has 0 heterocycles. The lowest BCUT2D eigenvalue weighted by atomic mass is 9.50. The fourth-order valence-corrected chi connectivity index (χ4v) is 4.51. The lowest BCUT2D eigenvalue weighted by molar-refractivity contribution is 0.0697. The number of allylic oxidation sites excluding steroid dienone is 4. The van der Waals surface area contributed by atoms with Gasteiger partial charge in [0.15, 0.2) is 0 Å². The van der Waals surface area contributed by atoms with E-state index in [0.717, 1.165) is 11.4 Å². The third-order valence-electron chi connectivity index (χ3n) is 6.37. The molecule has 0 aliphatic heterocycles. The summed E-state index contributed by atoms with van der Waals surface area (Å²) >= 11 is 0. The second-order valence-electron chi connectivity index (χ2n) is 7.40. The summed E-state index contributed by atoms with van der Waals surface area (Å²) in [6.07, 6.45) is 13.6. The van der Waals surface area contributed by atoms with Crippen molar-refractivity contribution in [1.82, 2.24) is 0 Å². The predicted molar refractivity (Wildman–Crippen MR) is 98.9 cm³/mol. The monoisotopic (exact) mass is 308 g/mol. The Bertz CT molecular complexity index is 624. The summed E-state index contributed by atoms with van der Waals surface area (Å²) in [7, 11) is 0. The van der Waals surface area contributed by atoms with E-state index < -0.39 is 0 Å². The zero-order chi connectivity index (χ0) is 16.5. The molecule has 3 fully saturated rings. The number of nitrogen functional groups attached to an aromatic ring is 1. The van der Waals surface area contributed by atoms with Crippen LogP contribution in [0.1, 0.15) is 51.0 Å². The Kier molecular flexibility index (Phi) is 4.09. The van der Waals surface area contributed by atoms with Gasteiger partial charge in [0.2, 0.25) is 0 Å². The standard InChI is InChI=1S/C21H28N2/c1-3-18(22)7-4-16(2)20-10-13-21(14-11-20,15-12-20)17-5-8-19(23)9-6-17/h3-9H,1,10-15,22-23H2,2H3/b16-4+,18-7+. The van der Waals surface area contributed by atoms with E-state index in [1.54, 1.807) is 6.08 Å². The quantitative estimate of drug-likeness (QED) is 0.618. The van der Waals surface area contributed by atoms with E-state index >= 15 is 0 Å². The fourth-order valence-electron chi connectivity index (χ4n) is 4.51. The van der Waals surface area contributed by atoms with Crippen LogP contribution in [0.4, 0.5) is 5.69 Å². The number of hydrogen-bond donors (Lipinski definition) is 2. The lowest BCUT2D eigenvalue weighted by Crippen LogP contribution is -2.44. The molecule has 1 aromatic carbocycles. The first-order chi connectivity index (χ1) is 11.0. The minimum absolute atomic E-state index is 0.381. The van der Waals surface area contributed by atoms with Crippen LogP contribution in [0.3, 0.4) is 0 Å². The van der Waals surface area contributed by atoms with Crippen LogP contribution in [0.5, 0.6) is 0 Å². The maximum Gasteiger partial charge on any atom is 0.0314 e. The van der Waals surface area contributed by atoms with Gasteiger partial charge >= 0.3 is 0 Å². The summed E-state index contributed by atoms with van der Waals surface area (Å²) in [6, 6.07) is 8.58. The Morgan fingerprint density at radius 2 is 1.57 bits per heavy atom. The average molecular weight is 308 g/mol. The van der Waals surface area contributed by atoms with Crippen LogP contribution in [-0.4, -0.2) is 0 Å². The predicted octanol–water partition coefficient (Wildman–Crippen LogP) is 4.84. The molecule has 0 aromatic heterocycles. The summed E-state index contributed by atoms with van der Waals surface area (Å²) in [4.78, 5) is 0. The number of nitrogens with two attached hydrogens (primary N) is 2. The number of hydrogen-bond acceptors (Lipinski definition) is 2. The van der Waals surface area contributed by atoms with E-state index in [4.69, 9.17) is 11.5 Å². The van der Waals surface area contributed by atoms with Crippen LogP contribution in [0, 0.1) is 5.41 Å². The van der Waals surface area contributed by atoms with Crippen LogP contribution < -0.4 is 11.5 Å². The largest absolute Gasteiger partial charge is 0.399 e. The Balaban J connectivity index is 1.79. The molecule has 3 aliphatic rings. The molecule has 4 N–H and O–H groups in total. The van der Waals surface area contributed by atoms with Gasteiger partial charge in [0.1, 0.15) is 0 Å². The molecule has 4 rings (SSSR count). The van der Waals surface area contributed by atoms with Gasteiger partial charge in [-0.15, -0.1) is 0 Å². The molecule has 2 nitrogen and oxygen atoms in total. The highest BCUT2D eigenvalue weighted by atomic mass is 14.6. The van der Waals surface area contributed by atoms with E-state index in [1.807, 2.05) is 6.08 Å². The molecule has 23 heavy (non-hydrogen) atoms. The Labute approximate surface area is 140 Å². The average Bonchev–Trinajstić information content (AvgIpc) is 2.61. The first kappa shape index (κ1) is 15.9. The van der Waals surface area contributed by atoms with E-state index in [0.29, 0.717) is 10.8 Å². The zero-order valence-electron chi connectivity index (χ0n) is 14.1. The van der Waals surface area contributed by atoms with Crippen molar-refractivity contribution in [3.8, 4) is 0 Å². The molecule has 0 atom stereocenters. The molecule has 122 valence electrons. The first-order valence-electron chi connectivity index (χ1n) is 8.63. The van der Waals surface area contributed by atoms with E-state index in [-0.39, 0.29) is 0 Å². The van der Waals surface area contributed by atoms with Crippen LogP contribution in [0.25, 0.3) is 0 Å². The summed E-state index contributed by atoms with van der Waals surface area (Å²) in [6.45, 7) is 5.99. The molecule has 2 bridgehead atoms. The highest BCUT2D eigenvalue weighted by Crippen LogP contribution is 2.60. The normalized spacial score (nSPS) is 31.2. The summed E-state index contributed by atoms with van der Waals surface area (Å²) in [5.41, 5.74) is 17.0. The van der Waals surface area contributed by atoms with Crippen molar-refractivity contribution >= 4 is 5.69 Å². The fraction of sp³-hybridized carbons (Fsp3) is 0.429. The van der Waals surface area contributed by atoms with Gasteiger partial charge in [-0.2, -0.15) is 0 Å². The second-order valence-corrected chi connectivity index (χ2v) is 7.40. The molecule has 2 heteroatoms. The summed E-state index contributed by atoms with van der Waals surface area (Å²) in [5, 5.41) is 0. The Morgan fingerprint density at radius 1 is 1.00 bits per heavy atom. The first-order valence-corrected chi connectivity index (χ1v) is 8.63. The molecular formula is C21H28N2. The minimum atomic E-state index is 0.381.